The van der Waals surface area contributed by atoms with Crippen LogP contribution >= 0.6 is 23.1 Å². The first-order valence-corrected chi connectivity index (χ1v) is 8.58. The molecule has 0 fully saturated rings. The molecule has 0 aliphatic rings. The first-order chi connectivity index (χ1) is 9.99. The second-order valence-electron chi connectivity index (χ2n) is 5.15. The molecule has 21 heavy (non-hydrogen) atoms. The Morgan fingerprint density at radius 1 is 1.33 bits per heavy atom. The fourth-order valence-electron chi connectivity index (χ4n) is 1.99. The molecule has 0 bridgehead atoms. The zero-order valence-corrected chi connectivity index (χ0v) is 14.2. The molecule has 1 N–H and O–H groups in total. The third-order valence-electron chi connectivity index (χ3n) is 3.16. The fraction of sp³-hybridized carbons (Fsp3) is 0.400. The molecule has 0 saturated heterocycles. The number of rotatable bonds is 5. The van der Waals surface area contributed by atoms with Crippen molar-refractivity contribution in [3.05, 3.63) is 34.8 Å². The summed E-state index contributed by atoms with van der Waals surface area (Å²) < 4.78 is 0.812. The Balaban J connectivity index is 2.12. The van der Waals surface area contributed by atoms with Gasteiger partial charge in [0.25, 0.3) is 0 Å². The smallest absolute Gasteiger partial charge is 0.237 e. The van der Waals surface area contributed by atoms with Crippen LogP contribution in [0.15, 0.2) is 28.0 Å². The van der Waals surface area contributed by atoms with E-state index in [0.717, 1.165) is 21.2 Å². The van der Waals surface area contributed by atoms with E-state index in [2.05, 4.69) is 35.4 Å². The molecular weight excluding hydrogens is 302 g/mol. The van der Waals surface area contributed by atoms with Gasteiger partial charge in [0.15, 0.2) is 4.34 Å². The fourth-order valence-corrected chi connectivity index (χ4v) is 3.61. The highest BCUT2D eigenvalue weighted by Crippen LogP contribution is 2.29. The van der Waals surface area contributed by atoms with Gasteiger partial charge in [0.05, 0.1) is 5.25 Å². The Hall–Kier alpha value is -1.40. The third-order valence-corrected chi connectivity index (χ3v) is 5.07. The predicted octanol–water partition coefficient (Wildman–Crippen LogP) is 4.09. The van der Waals surface area contributed by atoms with Crippen molar-refractivity contribution < 1.29 is 4.79 Å². The van der Waals surface area contributed by atoms with E-state index in [0.29, 0.717) is 5.92 Å². The van der Waals surface area contributed by atoms with Crippen LogP contribution in [0.25, 0.3) is 0 Å². The molecule has 1 atom stereocenters. The van der Waals surface area contributed by atoms with Gasteiger partial charge in [0.2, 0.25) is 5.91 Å². The second-order valence-corrected chi connectivity index (χ2v) is 7.57. The van der Waals surface area contributed by atoms with Crippen molar-refractivity contribution >= 4 is 34.7 Å². The largest absolute Gasteiger partial charge is 0.325 e. The summed E-state index contributed by atoms with van der Waals surface area (Å²) in [5.74, 6) is 0.359. The molecular formula is C15H19N3OS2. The van der Waals surface area contributed by atoms with E-state index in [-0.39, 0.29) is 11.2 Å². The van der Waals surface area contributed by atoms with Crippen molar-refractivity contribution in [1.29, 1.82) is 0 Å². The summed E-state index contributed by atoms with van der Waals surface area (Å²) in [6.07, 6.45) is 0. The lowest BCUT2D eigenvalue weighted by Crippen LogP contribution is -2.23. The number of para-hydroxylation sites is 1. The molecule has 112 valence electrons. The highest BCUT2D eigenvalue weighted by molar-refractivity contribution is 8.02. The summed E-state index contributed by atoms with van der Waals surface area (Å²) in [5.41, 5.74) is 4.85. The second kappa shape index (κ2) is 7.04. The molecule has 0 unspecified atom stereocenters. The molecule has 2 rings (SSSR count). The molecule has 0 radical (unpaired) electrons. The minimum absolute atomic E-state index is 0.00796. The summed E-state index contributed by atoms with van der Waals surface area (Å²) in [4.78, 5) is 12.4. The van der Waals surface area contributed by atoms with Gasteiger partial charge < -0.3 is 5.32 Å². The molecule has 4 nitrogen and oxygen atoms in total. The maximum Gasteiger partial charge on any atom is 0.237 e. The van der Waals surface area contributed by atoms with Crippen molar-refractivity contribution in [3.63, 3.8) is 0 Å². The average molecular weight is 321 g/mol. The first-order valence-electron chi connectivity index (χ1n) is 6.82. The van der Waals surface area contributed by atoms with Crippen molar-refractivity contribution in [3.8, 4) is 0 Å². The van der Waals surface area contributed by atoms with Crippen molar-refractivity contribution in [2.45, 2.75) is 43.2 Å². The van der Waals surface area contributed by atoms with Crippen LogP contribution in [0.1, 0.15) is 37.8 Å². The molecule has 1 heterocycles. The summed E-state index contributed by atoms with van der Waals surface area (Å²) in [6, 6.07) is 6.11. The lowest BCUT2D eigenvalue weighted by Gasteiger charge is -2.18. The summed E-state index contributed by atoms with van der Waals surface area (Å²) >= 11 is 2.88. The lowest BCUT2D eigenvalue weighted by atomic mass is 9.98. The first kappa shape index (κ1) is 16.0. The van der Waals surface area contributed by atoms with Gasteiger partial charge >= 0.3 is 0 Å². The quantitative estimate of drug-likeness (QED) is 0.843. The molecule has 0 spiro atoms. The number of nitrogens with zero attached hydrogens (tertiary/aromatic N) is 2. The zero-order chi connectivity index (χ0) is 15.4. The highest BCUT2D eigenvalue weighted by atomic mass is 32.2. The zero-order valence-electron chi connectivity index (χ0n) is 12.6. The molecule has 2 aromatic rings. The molecule has 6 heteroatoms. The number of carbonyl (C=O) groups is 1. The van der Waals surface area contributed by atoms with Crippen LogP contribution in [-0.2, 0) is 4.79 Å². The number of amides is 1. The van der Waals surface area contributed by atoms with E-state index in [1.807, 2.05) is 26.0 Å². The van der Waals surface area contributed by atoms with Crippen molar-refractivity contribution in [2.75, 3.05) is 5.32 Å². The van der Waals surface area contributed by atoms with Crippen LogP contribution in [0.2, 0.25) is 0 Å². The van der Waals surface area contributed by atoms with E-state index in [1.165, 1.54) is 23.1 Å². The maximum atomic E-state index is 12.4. The standard InChI is InChI=1S/C15H19N3OS2/c1-9(2)12-7-5-6-10(3)13(12)17-14(19)11(4)21-15-18-16-8-20-15/h5-9,11H,1-4H3,(H,17,19)/t11-/m0/s1. The number of aryl methyl sites for hydroxylation is 1. The van der Waals surface area contributed by atoms with Gasteiger partial charge in [0.1, 0.15) is 5.51 Å². The Bertz CT molecular complexity index is 611. The summed E-state index contributed by atoms with van der Waals surface area (Å²) in [7, 11) is 0. The number of hydrogen-bond acceptors (Lipinski definition) is 5. The number of nitrogens with one attached hydrogen (secondary N) is 1. The Labute approximate surface area is 133 Å². The Morgan fingerprint density at radius 2 is 2.10 bits per heavy atom. The summed E-state index contributed by atoms with van der Waals surface area (Å²) in [6.45, 7) is 8.16. The molecule has 0 aliphatic carbocycles. The summed E-state index contributed by atoms with van der Waals surface area (Å²) in [5, 5.41) is 10.6. The number of aromatic nitrogens is 2. The van der Waals surface area contributed by atoms with E-state index in [1.54, 1.807) is 5.51 Å². The highest BCUT2D eigenvalue weighted by Gasteiger charge is 2.19. The average Bonchev–Trinajstić information content (AvgIpc) is 2.93. The minimum Gasteiger partial charge on any atom is -0.325 e. The lowest BCUT2D eigenvalue weighted by molar-refractivity contribution is -0.115. The van der Waals surface area contributed by atoms with Crippen molar-refractivity contribution in [1.82, 2.24) is 10.2 Å². The number of carbonyl (C=O) groups excluding carboxylic acids is 1. The number of benzene rings is 1. The van der Waals surface area contributed by atoms with Gasteiger partial charge in [-0.1, -0.05) is 55.1 Å². The number of thioether (sulfide) groups is 1. The minimum atomic E-state index is -0.211. The van der Waals surface area contributed by atoms with E-state index >= 15 is 0 Å². The van der Waals surface area contributed by atoms with Crippen LogP contribution < -0.4 is 5.32 Å². The molecule has 1 amide bonds. The third kappa shape index (κ3) is 4.04. The Morgan fingerprint density at radius 3 is 2.71 bits per heavy atom. The van der Waals surface area contributed by atoms with E-state index in [9.17, 15) is 4.79 Å². The molecule has 0 aliphatic heterocycles. The van der Waals surface area contributed by atoms with Gasteiger partial charge in [-0.15, -0.1) is 10.2 Å². The van der Waals surface area contributed by atoms with Crippen LogP contribution in [0.4, 0.5) is 5.69 Å². The van der Waals surface area contributed by atoms with Gasteiger partial charge in [0, 0.05) is 5.69 Å². The maximum absolute atomic E-state index is 12.4. The SMILES string of the molecule is Cc1cccc(C(C)C)c1NC(=O)[C@H](C)Sc1nncs1. The molecule has 1 aromatic heterocycles. The van der Waals surface area contributed by atoms with Gasteiger partial charge in [-0.05, 0) is 30.9 Å². The van der Waals surface area contributed by atoms with E-state index < -0.39 is 0 Å². The molecule has 0 saturated carbocycles. The van der Waals surface area contributed by atoms with Crippen LogP contribution in [0.3, 0.4) is 0 Å². The van der Waals surface area contributed by atoms with Crippen LogP contribution in [-0.4, -0.2) is 21.4 Å². The normalized spacial score (nSPS) is 12.4. The van der Waals surface area contributed by atoms with Crippen molar-refractivity contribution in [2.24, 2.45) is 0 Å². The van der Waals surface area contributed by atoms with Gasteiger partial charge in [-0.2, -0.15) is 0 Å². The Kier molecular flexibility index (Phi) is 5.36. The van der Waals surface area contributed by atoms with Gasteiger partial charge in [-0.3, -0.25) is 4.79 Å². The van der Waals surface area contributed by atoms with E-state index in [4.69, 9.17) is 0 Å². The van der Waals surface area contributed by atoms with Crippen LogP contribution in [0, 0.1) is 6.92 Å². The molecule has 1 aromatic carbocycles. The topological polar surface area (TPSA) is 54.9 Å². The van der Waals surface area contributed by atoms with Crippen LogP contribution in [0.5, 0.6) is 0 Å². The monoisotopic (exact) mass is 321 g/mol. The number of anilines is 1. The predicted molar refractivity (Wildman–Crippen MR) is 89.1 cm³/mol. The van der Waals surface area contributed by atoms with Gasteiger partial charge in [-0.25, -0.2) is 0 Å². The number of hydrogen-bond donors (Lipinski definition) is 1.